The maximum atomic E-state index is 13.2. The summed E-state index contributed by atoms with van der Waals surface area (Å²) >= 11 is 0. The molecular formula is C22H26ClN3O3. The molecular weight excluding hydrogens is 390 g/mol. The van der Waals surface area contributed by atoms with E-state index in [1.807, 2.05) is 29.2 Å². The van der Waals surface area contributed by atoms with Gasteiger partial charge < -0.3 is 20.3 Å². The molecule has 0 radical (unpaired) electrons. The van der Waals surface area contributed by atoms with Crippen molar-refractivity contribution < 1.29 is 14.3 Å². The fourth-order valence-electron chi connectivity index (χ4n) is 3.62. The molecule has 1 unspecified atom stereocenters. The van der Waals surface area contributed by atoms with E-state index in [-0.39, 0.29) is 36.2 Å². The van der Waals surface area contributed by atoms with Gasteiger partial charge in [-0.05, 0) is 43.2 Å². The first kappa shape index (κ1) is 21.1. The minimum Gasteiger partial charge on any atom is -0.496 e. The highest BCUT2D eigenvalue weighted by atomic mass is 35.5. The lowest BCUT2D eigenvalue weighted by atomic mass is 10.0. The monoisotopic (exact) mass is 415 g/mol. The van der Waals surface area contributed by atoms with Crippen molar-refractivity contribution in [2.75, 3.05) is 32.1 Å². The van der Waals surface area contributed by atoms with Crippen LogP contribution in [0.2, 0.25) is 0 Å². The van der Waals surface area contributed by atoms with Gasteiger partial charge in [-0.3, -0.25) is 9.59 Å². The number of carbonyl (C=O) groups excluding carboxylic acids is 2. The topological polar surface area (TPSA) is 70.7 Å². The number of carbonyl (C=O) groups is 2. The molecule has 1 saturated heterocycles. The van der Waals surface area contributed by atoms with Crippen molar-refractivity contribution in [3.8, 4) is 5.75 Å². The fraction of sp³-hybridized carbons (Fsp3) is 0.364. The molecule has 2 aromatic rings. The molecule has 4 rings (SSSR count). The second-order valence-electron chi connectivity index (χ2n) is 7.30. The summed E-state index contributed by atoms with van der Waals surface area (Å²) in [6, 6.07) is 14.9. The lowest BCUT2D eigenvalue weighted by Crippen LogP contribution is -2.48. The molecule has 0 aromatic heterocycles. The zero-order chi connectivity index (χ0) is 19.5. The van der Waals surface area contributed by atoms with Gasteiger partial charge in [-0.25, -0.2) is 0 Å². The number of amides is 2. The van der Waals surface area contributed by atoms with Gasteiger partial charge in [-0.15, -0.1) is 12.4 Å². The van der Waals surface area contributed by atoms with Crippen LogP contribution in [0.5, 0.6) is 5.75 Å². The number of rotatable bonds is 5. The maximum absolute atomic E-state index is 13.2. The maximum Gasteiger partial charge on any atom is 0.254 e. The zero-order valence-electron chi connectivity index (χ0n) is 16.4. The average Bonchev–Trinajstić information content (AvgIpc) is 3.59. The highest BCUT2D eigenvalue weighted by Crippen LogP contribution is 2.32. The molecule has 7 heteroatoms. The van der Waals surface area contributed by atoms with Crippen molar-refractivity contribution in [2.45, 2.75) is 18.9 Å². The Bertz CT molecular complexity index is 868. The van der Waals surface area contributed by atoms with Crippen LogP contribution in [0, 0.1) is 5.92 Å². The third kappa shape index (κ3) is 4.71. The Morgan fingerprint density at radius 1 is 1.10 bits per heavy atom. The third-order valence-corrected chi connectivity index (χ3v) is 5.35. The minimum atomic E-state index is -0.0911. The number of nitrogens with zero attached hydrogens (tertiary/aromatic N) is 1. The number of halogens is 1. The first-order valence-corrected chi connectivity index (χ1v) is 9.73. The van der Waals surface area contributed by atoms with E-state index in [1.165, 1.54) is 0 Å². The van der Waals surface area contributed by atoms with Crippen molar-refractivity contribution in [1.29, 1.82) is 0 Å². The molecule has 2 aliphatic rings. The number of anilines is 1. The molecule has 2 N–H and O–H groups in total. The first-order chi connectivity index (χ1) is 13.7. The van der Waals surface area contributed by atoms with Gasteiger partial charge in [-0.1, -0.05) is 18.2 Å². The van der Waals surface area contributed by atoms with Crippen LogP contribution in [0.15, 0.2) is 48.5 Å². The predicted molar refractivity (Wildman–Crippen MR) is 115 cm³/mol. The van der Waals surface area contributed by atoms with E-state index in [0.29, 0.717) is 18.7 Å². The molecule has 6 nitrogen and oxygen atoms in total. The summed E-state index contributed by atoms with van der Waals surface area (Å²) in [5.74, 6) is 0.991. The van der Waals surface area contributed by atoms with E-state index >= 15 is 0 Å². The molecule has 1 aliphatic carbocycles. The van der Waals surface area contributed by atoms with Gasteiger partial charge in [0.15, 0.2) is 0 Å². The van der Waals surface area contributed by atoms with Crippen LogP contribution in [-0.4, -0.2) is 43.5 Å². The quantitative estimate of drug-likeness (QED) is 0.786. The lowest BCUT2D eigenvalue weighted by molar-refractivity contribution is -0.117. The van der Waals surface area contributed by atoms with Gasteiger partial charge in [0.25, 0.3) is 5.91 Å². The van der Waals surface area contributed by atoms with E-state index in [9.17, 15) is 9.59 Å². The first-order valence-electron chi connectivity index (χ1n) is 9.73. The van der Waals surface area contributed by atoms with Gasteiger partial charge in [0.2, 0.25) is 5.91 Å². The zero-order valence-corrected chi connectivity index (χ0v) is 17.2. The fourth-order valence-corrected chi connectivity index (χ4v) is 3.62. The third-order valence-electron chi connectivity index (χ3n) is 5.35. The second kappa shape index (κ2) is 9.29. The number of piperazine rings is 1. The molecule has 29 heavy (non-hydrogen) atoms. The van der Waals surface area contributed by atoms with Crippen LogP contribution in [-0.2, 0) is 4.79 Å². The normalized spacial score (nSPS) is 18.5. The van der Waals surface area contributed by atoms with Gasteiger partial charge >= 0.3 is 0 Å². The SMILES string of the molecule is COc1ccccc1C1CNCCN1C(=O)c1ccc(NC(=O)C2CC2)cc1.Cl. The summed E-state index contributed by atoms with van der Waals surface area (Å²) in [5.41, 5.74) is 2.35. The standard InChI is InChI=1S/C22H25N3O3.ClH/c1-28-20-5-3-2-4-18(20)19-14-23-12-13-25(19)22(27)16-8-10-17(11-9-16)24-21(26)15-6-7-15;/h2-5,8-11,15,19,23H,6-7,12-14H2,1H3,(H,24,26);1H. The van der Waals surface area contributed by atoms with E-state index < -0.39 is 0 Å². The number of hydrogen-bond donors (Lipinski definition) is 2. The molecule has 1 atom stereocenters. The predicted octanol–water partition coefficient (Wildman–Crippen LogP) is 3.25. The van der Waals surface area contributed by atoms with Crippen LogP contribution in [0.3, 0.4) is 0 Å². The summed E-state index contributed by atoms with van der Waals surface area (Å²) in [7, 11) is 1.65. The van der Waals surface area contributed by atoms with Crippen molar-refractivity contribution in [3.05, 3.63) is 59.7 Å². The summed E-state index contributed by atoms with van der Waals surface area (Å²) in [4.78, 5) is 27.0. The van der Waals surface area contributed by atoms with Crippen molar-refractivity contribution in [2.24, 2.45) is 5.92 Å². The summed E-state index contributed by atoms with van der Waals surface area (Å²) in [5, 5.41) is 6.28. The van der Waals surface area contributed by atoms with Gasteiger partial charge in [0.05, 0.1) is 13.2 Å². The molecule has 0 bridgehead atoms. The van der Waals surface area contributed by atoms with Crippen LogP contribution >= 0.6 is 12.4 Å². The van der Waals surface area contributed by atoms with Gasteiger partial charge in [0, 0.05) is 42.4 Å². The van der Waals surface area contributed by atoms with Crippen LogP contribution in [0.1, 0.15) is 34.8 Å². The smallest absolute Gasteiger partial charge is 0.254 e. The number of ether oxygens (including phenoxy) is 1. The number of hydrogen-bond acceptors (Lipinski definition) is 4. The van der Waals surface area contributed by atoms with E-state index in [1.54, 1.807) is 31.4 Å². The Labute approximate surface area is 177 Å². The average molecular weight is 416 g/mol. The molecule has 1 heterocycles. The van der Waals surface area contributed by atoms with Crippen LogP contribution in [0.25, 0.3) is 0 Å². The molecule has 2 aromatic carbocycles. The number of benzene rings is 2. The summed E-state index contributed by atoms with van der Waals surface area (Å²) in [6.45, 7) is 2.07. The molecule has 2 amide bonds. The second-order valence-corrected chi connectivity index (χ2v) is 7.30. The molecule has 2 fully saturated rings. The van der Waals surface area contributed by atoms with E-state index in [0.717, 1.165) is 36.4 Å². The number of para-hydroxylation sites is 1. The largest absolute Gasteiger partial charge is 0.496 e. The number of methoxy groups -OCH3 is 1. The van der Waals surface area contributed by atoms with E-state index in [2.05, 4.69) is 10.6 Å². The number of nitrogens with one attached hydrogen (secondary N) is 2. The van der Waals surface area contributed by atoms with Gasteiger partial charge in [-0.2, -0.15) is 0 Å². The molecule has 1 saturated carbocycles. The minimum absolute atomic E-state index is 0. The van der Waals surface area contributed by atoms with Crippen molar-refractivity contribution >= 4 is 29.9 Å². The van der Waals surface area contributed by atoms with Crippen molar-refractivity contribution in [1.82, 2.24) is 10.2 Å². The summed E-state index contributed by atoms with van der Waals surface area (Å²) < 4.78 is 5.50. The Morgan fingerprint density at radius 2 is 1.83 bits per heavy atom. The Balaban J connectivity index is 0.00000240. The molecule has 154 valence electrons. The highest BCUT2D eigenvalue weighted by molar-refractivity contribution is 5.97. The van der Waals surface area contributed by atoms with Crippen LogP contribution < -0.4 is 15.4 Å². The lowest BCUT2D eigenvalue weighted by Gasteiger charge is -2.37. The summed E-state index contributed by atoms with van der Waals surface area (Å²) in [6.07, 6.45) is 1.94. The van der Waals surface area contributed by atoms with Crippen LogP contribution in [0.4, 0.5) is 5.69 Å². The Hall–Kier alpha value is -2.57. The highest BCUT2D eigenvalue weighted by Gasteiger charge is 2.31. The molecule has 0 spiro atoms. The van der Waals surface area contributed by atoms with Crippen molar-refractivity contribution in [3.63, 3.8) is 0 Å². The molecule has 1 aliphatic heterocycles. The Morgan fingerprint density at radius 3 is 2.52 bits per heavy atom. The van der Waals surface area contributed by atoms with E-state index in [4.69, 9.17) is 4.74 Å². The Kier molecular flexibility index (Phi) is 6.77. The van der Waals surface area contributed by atoms with Gasteiger partial charge in [0.1, 0.15) is 5.75 Å².